The zero-order chi connectivity index (χ0) is 25.5. The van der Waals surface area contributed by atoms with Crippen molar-refractivity contribution in [3.8, 4) is 0 Å². The predicted octanol–water partition coefficient (Wildman–Crippen LogP) is 5.08. The molecule has 2 aromatic rings. The number of rotatable bonds is 8. The van der Waals surface area contributed by atoms with Crippen LogP contribution in [0.4, 0.5) is 4.79 Å². The SMILES string of the molecule is CC(=O)[C@H]1CC[C@H](c2ccc(C(=O)COC(=O)C3CCCN3C(=O)OCc3ccccc3)cc2)CC1. The first kappa shape index (κ1) is 25.6. The highest BCUT2D eigenvalue weighted by Crippen LogP contribution is 2.36. The normalized spacial score (nSPS) is 21.6. The van der Waals surface area contributed by atoms with Crippen molar-refractivity contribution in [1.29, 1.82) is 0 Å². The van der Waals surface area contributed by atoms with Crippen molar-refractivity contribution in [2.75, 3.05) is 13.2 Å². The molecule has 7 heteroatoms. The number of benzene rings is 2. The summed E-state index contributed by atoms with van der Waals surface area (Å²) in [5, 5.41) is 0. The number of esters is 1. The molecule has 0 spiro atoms. The van der Waals surface area contributed by atoms with Gasteiger partial charge in [-0.2, -0.15) is 0 Å². The van der Waals surface area contributed by atoms with E-state index < -0.39 is 18.1 Å². The third kappa shape index (κ3) is 6.39. The number of nitrogens with zero attached hydrogens (tertiary/aromatic N) is 1. The van der Waals surface area contributed by atoms with Gasteiger partial charge in [0.15, 0.2) is 12.4 Å². The summed E-state index contributed by atoms with van der Waals surface area (Å²) in [6.45, 7) is 1.84. The van der Waals surface area contributed by atoms with Crippen LogP contribution < -0.4 is 0 Å². The maximum absolute atomic E-state index is 12.7. The van der Waals surface area contributed by atoms with Crippen LogP contribution in [0.2, 0.25) is 0 Å². The standard InChI is InChI=1S/C29H33NO6/c1-20(31)22-9-11-23(12-10-22)24-13-15-25(16-14-24)27(32)19-35-28(33)26-8-5-17-30(26)29(34)36-18-21-6-3-2-4-7-21/h2-4,6-7,13-16,22-23,26H,5,8-12,17-19H2,1H3/t22-,23-,26?. The Labute approximate surface area is 211 Å². The van der Waals surface area contributed by atoms with Crippen molar-refractivity contribution in [2.45, 2.75) is 64.0 Å². The maximum Gasteiger partial charge on any atom is 0.410 e. The summed E-state index contributed by atoms with van der Waals surface area (Å²) in [6, 6.07) is 16.0. The first-order valence-corrected chi connectivity index (χ1v) is 12.7. The number of ketones is 2. The second kappa shape index (κ2) is 12.0. The summed E-state index contributed by atoms with van der Waals surface area (Å²) >= 11 is 0. The number of Topliss-reactive ketones (excluding diaryl/α,β-unsaturated/α-hetero) is 2. The fourth-order valence-electron chi connectivity index (χ4n) is 5.12. The summed E-state index contributed by atoms with van der Waals surface area (Å²) in [7, 11) is 0. The van der Waals surface area contributed by atoms with Gasteiger partial charge in [-0.3, -0.25) is 14.5 Å². The van der Waals surface area contributed by atoms with E-state index in [0.29, 0.717) is 30.9 Å². The second-order valence-corrected chi connectivity index (χ2v) is 9.70. The van der Waals surface area contributed by atoms with Crippen molar-refractivity contribution >= 4 is 23.6 Å². The van der Waals surface area contributed by atoms with Crippen LogP contribution in [0, 0.1) is 5.92 Å². The van der Waals surface area contributed by atoms with E-state index in [0.717, 1.165) is 31.2 Å². The molecule has 36 heavy (non-hydrogen) atoms. The number of hydrogen-bond donors (Lipinski definition) is 0. The minimum absolute atomic E-state index is 0.130. The molecule has 0 bridgehead atoms. The zero-order valence-electron chi connectivity index (χ0n) is 20.7. The van der Waals surface area contributed by atoms with Gasteiger partial charge < -0.3 is 9.47 Å². The zero-order valence-corrected chi connectivity index (χ0v) is 20.7. The number of ether oxygens (including phenoxy) is 2. The van der Waals surface area contributed by atoms with Crippen molar-refractivity contribution < 1.29 is 28.7 Å². The molecule has 1 unspecified atom stereocenters. The molecule has 2 aromatic carbocycles. The quantitative estimate of drug-likeness (QED) is 0.378. The van der Waals surface area contributed by atoms with Crippen LogP contribution in [0.5, 0.6) is 0 Å². The lowest BCUT2D eigenvalue weighted by Gasteiger charge is -2.27. The summed E-state index contributed by atoms with van der Waals surface area (Å²) in [5.41, 5.74) is 2.51. The Bertz CT molecular complexity index is 1070. The Morgan fingerprint density at radius 3 is 2.22 bits per heavy atom. The Kier molecular flexibility index (Phi) is 8.52. The lowest BCUT2D eigenvalue weighted by molar-refractivity contribution is -0.147. The topological polar surface area (TPSA) is 90.0 Å². The highest BCUT2D eigenvalue weighted by molar-refractivity contribution is 5.98. The molecule has 0 N–H and O–H groups in total. The van der Waals surface area contributed by atoms with Crippen molar-refractivity contribution in [1.82, 2.24) is 4.90 Å². The van der Waals surface area contributed by atoms with E-state index in [2.05, 4.69) is 0 Å². The predicted molar refractivity (Wildman–Crippen MR) is 133 cm³/mol. The molecule has 2 fully saturated rings. The van der Waals surface area contributed by atoms with Gasteiger partial charge in [-0.1, -0.05) is 54.6 Å². The van der Waals surface area contributed by atoms with Crippen LogP contribution >= 0.6 is 0 Å². The van der Waals surface area contributed by atoms with Crippen LogP contribution in [0.1, 0.15) is 72.9 Å². The van der Waals surface area contributed by atoms with Crippen LogP contribution in [-0.4, -0.2) is 47.7 Å². The van der Waals surface area contributed by atoms with Gasteiger partial charge in [-0.15, -0.1) is 0 Å². The van der Waals surface area contributed by atoms with Gasteiger partial charge in [0, 0.05) is 18.0 Å². The highest BCUT2D eigenvalue weighted by atomic mass is 16.6. The molecular weight excluding hydrogens is 458 g/mol. The number of hydrogen-bond acceptors (Lipinski definition) is 6. The number of likely N-dealkylation sites (tertiary alicyclic amines) is 1. The maximum atomic E-state index is 12.7. The molecule has 1 saturated carbocycles. The smallest absolute Gasteiger partial charge is 0.410 e. The Hall–Kier alpha value is -3.48. The number of amides is 1. The minimum Gasteiger partial charge on any atom is -0.456 e. The highest BCUT2D eigenvalue weighted by Gasteiger charge is 2.36. The van der Waals surface area contributed by atoms with Gasteiger partial charge in [0.05, 0.1) is 0 Å². The van der Waals surface area contributed by atoms with Gasteiger partial charge in [-0.05, 0) is 62.5 Å². The molecule has 0 radical (unpaired) electrons. The van der Waals surface area contributed by atoms with E-state index in [1.165, 1.54) is 10.5 Å². The van der Waals surface area contributed by atoms with E-state index in [4.69, 9.17) is 9.47 Å². The fourth-order valence-corrected chi connectivity index (χ4v) is 5.12. The van der Waals surface area contributed by atoms with Crippen molar-refractivity contribution in [3.63, 3.8) is 0 Å². The van der Waals surface area contributed by atoms with Crippen LogP contribution in [0.25, 0.3) is 0 Å². The summed E-state index contributed by atoms with van der Waals surface area (Å²) in [6.07, 6.45) is 4.36. The minimum atomic E-state index is -0.742. The summed E-state index contributed by atoms with van der Waals surface area (Å²) in [5.74, 6) is -0.0210. The molecule has 1 amide bonds. The molecule has 1 heterocycles. The Balaban J connectivity index is 1.25. The molecule has 4 rings (SSSR count). The third-order valence-electron chi connectivity index (χ3n) is 7.32. The van der Waals surface area contributed by atoms with Gasteiger partial charge in [0.25, 0.3) is 0 Å². The van der Waals surface area contributed by atoms with Gasteiger partial charge in [-0.25, -0.2) is 9.59 Å². The van der Waals surface area contributed by atoms with Gasteiger partial charge in [0.1, 0.15) is 18.4 Å². The van der Waals surface area contributed by atoms with Crippen LogP contribution in [0.3, 0.4) is 0 Å². The third-order valence-corrected chi connectivity index (χ3v) is 7.32. The molecule has 2 aliphatic rings. The van der Waals surface area contributed by atoms with E-state index in [9.17, 15) is 19.2 Å². The molecular formula is C29H33NO6. The number of carbonyl (C=O) groups excluding carboxylic acids is 4. The Morgan fingerprint density at radius 1 is 0.861 bits per heavy atom. The summed E-state index contributed by atoms with van der Waals surface area (Å²) < 4.78 is 10.7. The number of carbonyl (C=O) groups is 4. The van der Waals surface area contributed by atoms with E-state index in [-0.39, 0.29) is 30.7 Å². The van der Waals surface area contributed by atoms with Gasteiger partial charge >= 0.3 is 12.1 Å². The fraction of sp³-hybridized carbons (Fsp3) is 0.448. The van der Waals surface area contributed by atoms with E-state index >= 15 is 0 Å². The molecule has 0 aromatic heterocycles. The monoisotopic (exact) mass is 491 g/mol. The molecule has 190 valence electrons. The van der Waals surface area contributed by atoms with Crippen molar-refractivity contribution in [3.05, 3.63) is 71.3 Å². The lowest BCUT2D eigenvalue weighted by atomic mass is 9.77. The second-order valence-electron chi connectivity index (χ2n) is 9.70. The molecule has 1 aliphatic carbocycles. The largest absolute Gasteiger partial charge is 0.456 e. The van der Waals surface area contributed by atoms with Crippen LogP contribution in [-0.2, 0) is 25.7 Å². The van der Waals surface area contributed by atoms with E-state index in [1.807, 2.05) is 42.5 Å². The van der Waals surface area contributed by atoms with E-state index in [1.54, 1.807) is 19.1 Å². The Morgan fingerprint density at radius 2 is 1.56 bits per heavy atom. The van der Waals surface area contributed by atoms with Crippen LogP contribution in [0.15, 0.2) is 54.6 Å². The average molecular weight is 492 g/mol. The molecule has 1 atom stereocenters. The summed E-state index contributed by atoms with van der Waals surface area (Å²) in [4.78, 5) is 50.8. The molecule has 1 aliphatic heterocycles. The average Bonchev–Trinajstić information content (AvgIpc) is 3.41. The first-order valence-electron chi connectivity index (χ1n) is 12.7. The molecule has 1 saturated heterocycles. The first-order chi connectivity index (χ1) is 17.4. The van der Waals surface area contributed by atoms with Gasteiger partial charge in [0.2, 0.25) is 0 Å². The molecule has 7 nitrogen and oxygen atoms in total. The lowest BCUT2D eigenvalue weighted by Crippen LogP contribution is -2.42. The van der Waals surface area contributed by atoms with Crippen molar-refractivity contribution in [2.24, 2.45) is 5.92 Å².